The molecule has 2 rings (SSSR count). The molecular weight excluding hydrogens is 178 g/mol. The van der Waals surface area contributed by atoms with Crippen LogP contribution in [-0.4, -0.2) is 16.2 Å². The van der Waals surface area contributed by atoms with Gasteiger partial charge in [0.15, 0.2) is 5.95 Å². The largest absolute Gasteiger partial charge is 0.375 e. The highest BCUT2D eigenvalue weighted by Gasteiger charge is 2.16. The standard InChI is InChI=1S/C7H11N3O.ClH/c1-10-6-2-3-11-4-5(6)9-7(10)8;/h2-4H2,1H3,(H2,8,9);1H. The summed E-state index contributed by atoms with van der Waals surface area (Å²) in [6, 6.07) is 0. The average molecular weight is 190 g/mol. The van der Waals surface area contributed by atoms with Gasteiger partial charge in [0.2, 0.25) is 0 Å². The summed E-state index contributed by atoms with van der Waals surface area (Å²) in [6.45, 7) is 1.40. The van der Waals surface area contributed by atoms with E-state index in [9.17, 15) is 0 Å². The van der Waals surface area contributed by atoms with Gasteiger partial charge < -0.3 is 15.0 Å². The molecule has 2 N–H and O–H groups in total. The second-order valence-electron chi connectivity index (χ2n) is 2.72. The Hall–Kier alpha value is -0.740. The van der Waals surface area contributed by atoms with Crippen molar-refractivity contribution < 1.29 is 4.74 Å². The number of hydrogen-bond donors (Lipinski definition) is 1. The number of anilines is 1. The Labute approximate surface area is 77.1 Å². The number of halogens is 1. The van der Waals surface area contributed by atoms with Crippen LogP contribution in [0.4, 0.5) is 5.95 Å². The van der Waals surface area contributed by atoms with E-state index in [1.54, 1.807) is 0 Å². The van der Waals surface area contributed by atoms with E-state index < -0.39 is 0 Å². The third-order valence-corrected chi connectivity index (χ3v) is 2.05. The van der Waals surface area contributed by atoms with Crippen LogP contribution < -0.4 is 5.73 Å². The summed E-state index contributed by atoms with van der Waals surface area (Å²) in [5, 5.41) is 0. The van der Waals surface area contributed by atoms with E-state index in [1.807, 2.05) is 11.6 Å². The number of aromatic nitrogens is 2. The Morgan fingerprint density at radius 2 is 2.33 bits per heavy atom. The minimum absolute atomic E-state index is 0. The molecule has 0 aliphatic carbocycles. The highest BCUT2D eigenvalue weighted by molar-refractivity contribution is 5.85. The maximum absolute atomic E-state index is 5.62. The molecule has 0 atom stereocenters. The summed E-state index contributed by atoms with van der Waals surface area (Å²) in [4.78, 5) is 4.17. The van der Waals surface area contributed by atoms with E-state index in [2.05, 4.69) is 4.98 Å². The van der Waals surface area contributed by atoms with Crippen molar-refractivity contribution in [3.63, 3.8) is 0 Å². The molecule has 0 saturated carbocycles. The molecule has 12 heavy (non-hydrogen) atoms. The van der Waals surface area contributed by atoms with Crippen molar-refractivity contribution in [1.82, 2.24) is 9.55 Å². The lowest BCUT2D eigenvalue weighted by atomic mass is 10.2. The van der Waals surface area contributed by atoms with Crippen molar-refractivity contribution in [2.45, 2.75) is 13.0 Å². The molecule has 1 aliphatic rings. The van der Waals surface area contributed by atoms with E-state index in [0.717, 1.165) is 18.7 Å². The lowest BCUT2D eigenvalue weighted by molar-refractivity contribution is 0.106. The average Bonchev–Trinajstić information content (AvgIpc) is 2.30. The first kappa shape index (κ1) is 9.35. The van der Waals surface area contributed by atoms with Gasteiger partial charge in [-0.2, -0.15) is 0 Å². The van der Waals surface area contributed by atoms with Gasteiger partial charge in [-0.1, -0.05) is 0 Å². The molecule has 0 radical (unpaired) electrons. The van der Waals surface area contributed by atoms with Crippen LogP contribution in [0.5, 0.6) is 0 Å². The number of nitrogens with zero attached hydrogens (tertiary/aromatic N) is 2. The Bertz CT molecular complexity index is 284. The van der Waals surface area contributed by atoms with Crippen molar-refractivity contribution in [3.8, 4) is 0 Å². The topological polar surface area (TPSA) is 53.1 Å². The van der Waals surface area contributed by atoms with Gasteiger partial charge in [0, 0.05) is 19.2 Å². The Balaban J connectivity index is 0.000000720. The quantitative estimate of drug-likeness (QED) is 0.647. The van der Waals surface area contributed by atoms with Crippen LogP contribution in [-0.2, 0) is 24.8 Å². The fourth-order valence-corrected chi connectivity index (χ4v) is 1.37. The number of nitrogen functional groups attached to an aromatic ring is 1. The SMILES string of the molecule is Cl.Cn1c(N)nc2c1CCOC2. The van der Waals surface area contributed by atoms with Gasteiger partial charge in [0.25, 0.3) is 0 Å². The normalized spacial score (nSPS) is 15.1. The van der Waals surface area contributed by atoms with Crippen LogP contribution in [0.25, 0.3) is 0 Å². The van der Waals surface area contributed by atoms with E-state index in [-0.39, 0.29) is 12.4 Å². The van der Waals surface area contributed by atoms with Crippen LogP contribution >= 0.6 is 12.4 Å². The number of hydrogen-bond acceptors (Lipinski definition) is 3. The summed E-state index contributed by atoms with van der Waals surface area (Å²) in [5.74, 6) is 0.584. The summed E-state index contributed by atoms with van der Waals surface area (Å²) in [5.41, 5.74) is 7.83. The zero-order valence-electron chi connectivity index (χ0n) is 6.91. The van der Waals surface area contributed by atoms with Crippen LogP contribution in [0.2, 0.25) is 0 Å². The first-order chi connectivity index (χ1) is 5.29. The van der Waals surface area contributed by atoms with Crippen molar-refractivity contribution in [2.24, 2.45) is 7.05 Å². The second kappa shape index (κ2) is 3.33. The fraction of sp³-hybridized carbons (Fsp3) is 0.571. The minimum atomic E-state index is 0. The zero-order chi connectivity index (χ0) is 7.84. The molecule has 0 aromatic carbocycles. The molecule has 1 aromatic heterocycles. The first-order valence-electron chi connectivity index (χ1n) is 3.66. The van der Waals surface area contributed by atoms with Crippen molar-refractivity contribution >= 4 is 18.4 Å². The summed E-state index contributed by atoms with van der Waals surface area (Å²) in [7, 11) is 1.94. The Morgan fingerprint density at radius 1 is 1.58 bits per heavy atom. The Morgan fingerprint density at radius 3 is 3.00 bits per heavy atom. The molecule has 2 heterocycles. The molecule has 5 heteroatoms. The van der Waals surface area contributed by atoms with Crippen LogP contribution in [0.15, 0.2) is 0 Å². The van der Waals surface area contributed by atoms with E-state index >= 15 is 0 Å². The molecule has 0 amide bonds. The van der Waals surface area contributed by atoms with Gasteiger partial charge >= 0.3 is 0 Å². The van der Waals surface area contributed by atoms with E-state index in [0.29, 0.717) is 12.6 Å². The third kappa shape index (κ3) is 1.28. The number of fused-ring (bicyclic) bond motifs is 1. The second-order valence-corrected chi connectivity index (χ2v) is 2.72. The molecule has 1 aromatic rings. The number of rotatable bonds is 0. The summed E-state index contributed by atoms with van der Waals surface area (Å²) >= 11 is 0. The predicted octanol–water partition coefficient (Wildman–Crippen LogP) is 0.497. The fourth-order valence-electron chi connectivity index (χ4n) is 1.37. The van der Waals surface area contributed by atoms with Gasteiger partial charge in [0.1, 0.15) is 0 Å². The van der Waals surface area contributed by atoms with Gasteiger partial charge in [-0.05, 0) is 0 Å². The molecule has 0 spiro atoms. The van der Waals surface area contributed by atoms with E-state index in [4.69, 9.17) is 10.5 Å². The van der Waals surface area contributed by atoms with E-state index in [1.165, 1.54) is 5.69 Å². The monoisotopic (exact) mass is 189 g/mol. The van der Waals surface area contributed by atoms with Gasteiger partial charge in [0.05, 0.1) is 18.9 Å². The molecular formula is C7H12ClN3O. The van der Waals surface area contributed by atoms with Crippen molar-refractivity contribution in [1.29, 1.82) is 0 Å². The predicted molar refractivity (Wildman–Crippen MR) is 48.2 cm³/mol. The number of nitrogens with two attached hydrogens (primary N) is 1. The summed E-state index contributed by atoms with van der Waals surface area (Å²) in [6.07, 6.45) is 0.927. The van der Waals surface area contributed by atoms with Crippen molar-refractivity contribution in [2.75, 3.05) is 12.3 Å². The zero-order valence-corrected chi connectivity index (χ0v) is 7.73. The third-order valence-electron chi connectivity index (χ3n) is 2.05. The lowest BCUT2D eigenvalue weighted by Crippen LogP contribution is -2.12. The number of imidazole rings is 1. The molecule has 4 nitrogen and oxygen atoms in total. The smallest absolute Gasteiger partial charge is 0.200 e. The number of ether oxygens (including phenoxy) is 1. The molecule has 1 aliphatic heterocycles. The van der Waals surface area contributed by atoms with Crippen LogP contribution in [0, 0.1) is 0 Å². The van der Waals surface area contributed by atoms with Crippen molar-refractivity contribution in [3.05, 3.63) is 11.4 Å². The maximum atomic E-state index is 5.62. The lowest BCUT2D eigenvalue weighted by Gasteiger charge is -2.11. The highest BCUT2D eigenvalue weighted by atomic mass is 35.5. The highest BCUT2D eigenvalue weighted by Crippen LogP contribution is 2.17. The Kier molecular flexibility index (Phi) is 2.59. The molecule has 68 valence electrons. The van der Waals surface area contributed by atoms with Crippen LogP contribution in [0.3, 0.4) is 0 Å². The van der Waals surface area contributed by atoms with Gasteiger partial charge in [-0.3, -0.25) is 0 Å². The van der Waals surface area contributed by atoms with Crippen LogP contribution in [0.1, 0.15) is 11.4 Å². The molecule has 0 unspecified atom stereocenters. The maximum Gasteiger partial charge on any atom is 0.200 e. The van der Waals surface area contributed by atoms with Gasteiger partial charge in [-0.15, -0.1) is 12.4 Å². The first-order valence-corrected chi connectivity index (χ1v) is 3.66. The molecule has 0 bridgehead atoms. The van der Waals surface area contributed by atoms with Gasteiger partial charge in [-0.25, -0.2) is 4.98 Å². The molecule has 0 saturated heterocycles. The minimum Gasteiger partial charge on any atom is -0.375 e. The molecule has 0 fully saturated rings. The summed E-state index contributed by atoms with van der Waals surface area (Å²) < 4.78 is 7.16.